The standard InChI is InChI=1S/C17H22BrN3O2S/c1-11(2)19-16(22)8-21(3)9-17-20-14(10-24-17)12-5-6-15(23-4)13(18)7-12/h5-7,10-11H,8-9H2,1-4H3,(H,19,22)/p+1. The number of benzene rings is 1. The highest BCUT2D eigenvalue weighted by Gasteiger charge is 2.14. The Hall–Kier alpha value is -1.44. The van der Waals surface area contributed by atoms with E-state index >= 15 is 0 Å². The lowest BCUT2D eigenvalue weighted by Gasteiger charge is -2.13. The average molecular weight is 413 g/mol. The van der Waals surface area contributed by atoms with Gasteiger partial charge in [-0.25, -0.2) is 4.98 Å². The molecule has 1 unspecified atom stereocenters. The number of carbonyl (C=O) groups excluding carboxylic acids is 1. The molecule has 0 radical (unpaired) electrons. The molecule has 2 N–H and O–H groups in total. The van der Waals surface area contributed by atoms with Crippen LogP contribution in [0.2, 0.25) is 0 Å². The summed E-state index contributed by atoms with van der Waals surface area (Å²) in [6.45, 7) is 5.11. The second-order valence-corrected chi connectivity index (χ2v) is 7.81. The summed E-state index contributed by atoms with van der Waals surface area (Å²) in [7, 11) is 3.65. The first-order valence-electron chi connectivity index (χ1n) is 7.78. The van der Waals surface area contributed by atoms with E-state index in [1.165, 1.54) is 0 Å². The smallest absolute Gasteiger partial charge is 0.275 e. The summed E-state index contributed by atoms with van der Waals surface area (Å²) in [5.74, 6) is 0.868. The van der Waals surface area contributed by atoms with Gasteiger partial charge >= 0.3 is 0 Å². The van der Waals surface area contributed by atoms with Gasteiger partial charge in [-0.3, -0.25) is 4.79 Å². The predicted molar refractivity (Wildman–Crippen MR) is 101 cm³/mol. The normalized spacial score (nSPS) is 12.2. The fourth-order valence-corrected chi connectivity index (χ4v) is 3.78. The lowest BCUT2D eigenvalue weighted by molar-refractivity contribution is -0.885. The van der Waals surface area contributed by atoms with E-state index in [2.05, 4.69) is 26.2 Å². The van der Waals surface area contributed by atoms with Crippen molar-refractivity contribution in [3.63, 3.8) is 0 Å². The number of aromatic nitrogens is 1. The van der Waals surface area contributed by atoms with Crippen molar-refractivity contribution in [3.05, 3.63) is 33.1 Å². The van der Waals surface area contributed by atoms with Gasteiger partial charge in [-0.15, -0.1) is 11.3 Å². The molecule has 0 aliphatic carbocycles. The van der Waals surface area contributed by atoms with Crippen LogP contribution in [0.4, 0.5) is 0 Å². The number of hydrogen-bond acceptors (Lipinski definition) is 4. The Kier molecular flexibility index (Phi) is 6.77. The lowest BCUT2D eigenvalue weighted by atomic mass is 10.2. The van der Waals surface area contributed by atoms with Crippen LogP contribution < -0.4 is 15.0 Å². The molecule has 1 atom stereocenters. The summed E-state index contributed by atoms with van der Waals surface area (Å²) in [4.78, 5) is 17.6. The van der Waals surface area contributed by atoms with Gasteiger partial charge in [0.25, 0.3) is 5.91 Å². The number of carbonyl (C=O) groups is 1. The van der Waals surface area contributed by atoms with E-state index in [1.807, 2.05) is 44.5 Å². The first-order chi connectivity index (χ1) is 11.4. The van der Waals surface area contributed by atoms with Crippen molar-refractivity contribution in [1.82, 2.24) is 10.3 Å². The van der Waals surface area contributed by atoms with Crippen LogP contribution in [-0.2, 0) is 11.3 Å². The number of hydrogen-bond donors (Lipinski definition) is 2. The largest absolute Gasteiger partial charge is 0.496 e. The number of methoxy groups -OCH3 is 1. The van der Waals surface area contributed by atoms with Gasteiger partial charge in [-0.05, 0) is 48.0 Å². The van der Waals surface area contributed by atoms with Gasteiger partial charge < -0.3 is 15.0 Å². The Morgan fingerprint density at radius 2 is 2.21 bits per heavy atom. The van der Waals surface area contributed by atoms with Gasteiger partial charge in [-0.2, -0.15) is 0 Å². The zero-order chi connectivity index (χ0) is 17.7. The number of nitrogens with zero attached hydrogens (tertiary/aromatic N) is 1. The molecule has 1 aromatic carbocycles. The fourth-order valence-electron chi connectivity index (χ4n) is 2.32. The average Bonchev–Trinajstić information content (AvgIpc) is 2.94. The minimum atomic E-state index is 0.0679. The molecule has 1 heterocycles. The zero-order valence-electron chi connectivity index (χ0n) is 14.4. The van der Waals surface area contributed by atoms with Crippen LogP contribution in [0.1, 0.15) is 18.9 Å². The molecule has 2 aromatic rings. The van der Waals surface area contributed by atoms with Crippen LogP contribution >= 0.6 is 27.3 Å². The van der Waals surface area contributed by atoms with Gasteiger partial charge in [-0.1, -0.05) is 0 Å². The quantitative estimate of drug-likeness (QED) is 0.731. The Morgan fingerprint density at radius 3 is 2.83 bits per heavy atom. The van der Waals surface area contributed by atoms with Crippen molar-refractivity contribution in [2.45, 2.75) is 26.4 Å². The van der Waals surface area contributed by atoms with E-state index in [0.29, 0.717) is 6.54 Å². The Morgan fingerprint density at radius 1 is 1.46 bits per heavy atom. The van der Waals surface area contributed by atoms with Gasteiger partial charge in [0.1, 0.15) is 17.3 Å². The second kappa shape index (κ2) is 8.60. The first-order valence-corrected chi connectivity index (χ1v) is 9.45. The third-order valence-electron chi connectivity index (χ3n) is 3.36. The third kappa shape index (κ3) is 5.29. The Bertz CT molecular complexity index is 703. The molecule has 0 spiro atoms. The van der Waals surface area contributed by atoms with Crippen LogP contribution in [0.3, 0.4) is 0 Å². The zero-order valence-corrected chi connectivity index (χ0v) is 16.8. The predicted octanol–water partition coefficient (Wildman–Crippen LogP) is 2.12. The van der Waals surface area contributed by atoms with Gasteiger partial charge in [0.2, 0.25) is 0 Å². The van der Waals surface area contributed by atoms with Crippen molar-refractivity contribution in [3.8, 4) is 17.0 Å². The van der Waals surface area contributed by atoms with Crippen molar-refractivity contribution >= 4 is 33.2 Å². The molecule has 7 heteroatoms. The van der Waals surface area contributed by atoms with E-state index in [1.54, 1.807) is 18.4 Å². The summed E-state index contributed by atoms with van der Waals surface area (Å²) in [5.41, 5.74) is 1.98. The number of nitrogens with one attached hydrogen (secondary N) is 2. The van der Waals surface area contributed by atoms with Crippen LogP contribution in [0.15, 0.2) is 28.1 Å². The molecule has 2 rings (SSSR count). The molecule has 0 saturated heterocycles. The summed E-state index contributed by atoms with van der Waals surface area (Å²) < 4.78 is 6.16. The molecular weight excluding hydrogens is 390 g/mol. The van der Waals surface area contributed by atoms with Crippen molar-refractivity contribution in [1.29, 1.82) is 0 Å². The van der Waals surface area contributed by atoms with Crippen molar-refractivity contribution < 1.29 is 14.4 Å². The van der Waals surface area contributed by atoms with E-state index in [-0.39, 0.29) is 11.9 Å². The number of quaternary nitrogens is 1. The monoisotopic (exact) mass is 412 g/mol. The summed E-state index contributed by atoms with van der Waals surface area (Å²) in [6, 6.07) is 6.09. The van der Waals surface area contributed by atoms with Gasteiger partial charge in [0, 0.05) is 17.0 Å². The number of thiazole rings is 1. The summed E-state index contributed by atoms with van der Waals surface area (Å²) in [6.07, 6.45) is 0. The number of amides is 1. The first kappa shape index (κ1) is 18.9. The number of rotatable bonds is 7. The van der Waals surface area contributed by atoms with Crippen molar-refractivity contribution in [2.75, 3.05) is 20.7 Å². The van der Waals surface area contributed by atoms with Gasteiger partial charge in [0.15, 0.2) is 6.54 Å². The molecule has 5 nitrogen and oxygen atoms in total. The number of ether oxygens (including phenoxy) is 1. The lowest BCUT2D eigenvalue weighted by Crippen LogP contribution is -3.09. The molecule has 24 heavy (non-hydrogen) atoms. The van der Waals surface area contributed by atoms with Crippen LogP contribution in [0, 0.1) is 0 Å². The minimum absolute atomic E-state index is 0.0679. The molecular formula is C17H23BrN3O2S+. The molecule has 1 aromatic heterocycles. The van der Waals surface area contributed by atoms with E-state index in [0.717, 1.165) is 37.9 Å². The van der Waals surface area contributed by atoms with Crippen LogP contribution in [0.25, 0.3) is 11.3 Å². The van der Waals surface area contributed by atoms with Crippen LogP contribution in [-0.4, -0.2) is 37.6 Å². The van der Waals surface area contributed by atoms with E-state index in [4.69, 9.17) is 4.74 Å². The highest BCUT2D eigenvalue weighted by Crippen LogP contribution is 2.30. The molecule has 0 aliphatic heterocycles. The van der Waals surface area contributed by atoms with Crippen molar-refractivity contribution in [2.24, 2.45) is 0 Å². The topological polar surface area (TPSA) is 55.7 Å². The highest BCUT2D eigenvalue weighted by molar-refractivity contribution is 9.10. The highest BCUT2D eigenvalue weighted by atomic mass is 79.9. The number of likely N-dealkylation sites (N-methyl/N-ethyl adjacent to an activating group) is 1. The summed E-state index contributed by atoms with van der Waals surface area (Å²) >= 11 is 5.12. The molecule has 0 fully saturated rings. The molecule has 130 valence electrons. The molecule has 1 amide bonds. The molecule has 0 bridgehead atoms. The van der Waals surface area contributed by atoms with Gasteiger partial charge in [0.05, 0.1) is 24.3 Å². The Balaban J connectivity index is 2.00. The third-order valence-corrected chi connectivity index (χ3v) is 4.83. The number of halogens is 1. The second-order valence-electron chi connectivity index (χ2n) is 6.01. The molecule has 0 aliphatic rings. The van der Waals surface area contributed by atoms with E-state index in [9.17, 15) is 4.79 Å². The van der Waals surface area contributed by atoms with Crippen LogP contribution in [0.5, 0.6) is 5.75 Å². The fraction of sp³-hybridized carbons (Fsp3) is 0.412. The summed E-state index contributed by atoms with van der Waals surface area (Å²) in [5, 5.41) is 5.98. The van der Waals surface area contributed by atoms with E-state index < -0.39 is 0 Å². The maximum atomic E-state index is 11.8. The molecule has 0 saturated carbocycles. The SMILES string of the molecule is COc1ccc(-c2csc(C[NH+](C)CC(=O)NC(C)C)n2)cc1Br. The minimum Gasteiger partial charge on any atom is -0.496 e. The maximum Gasteiger partial charge on any atom is 0.275 e. The maximum absolute atomic E-state index is 11.8. The Labute approximate surface area is 155 Å².